The van der Waals surface area contributed by atoms with Crippen LogP contribution in [-0.4, -0.2) is 77.3 Å². The Labute approximate surface area is 146 Å². The topological polar surface area (TPSA) is 68.8 Å². The fourth-order valence-electron chi connectivity index (χ4n) is 3.32. The molecule has 2 aliphatic heterocycles. The predicted octanol–water partition coefficient (Wildman–Crippen LogP) is 0.840. The molecule has 0 saturated carbocycles. The van der Waals surface area contributed by atoms with Gasteiger partial charge >= 0.3 is 0 Å². The molecule has 3 rings (SSSR count). The molecule has 0 bridgehead atoms. The average Bonchev–Trinajstić information content (AvgIpc) is 3.17. The van der Waals surface area contributed by atoms with E-state index < -0.39 is 0 Å². The minimum absolute atomic E-state index is 0.0305. The number of piperazine rings is 1. The van der Waals surface area contributed by atoms with E-state index >= 15 is 0 Å². The van der Waals surface area contributed by atoms with Gasteiger partial charge in [-0.1, -0.05) is 0 Å². The molecular weight excluding hydrogens is 326 g/mol. The minimum Gasteiger partial charge on any atom is -0.340 e. The van der Waals surface area contributed by atoms with Gasteiger partial charge in [0.15, 0.2) is 5.13 Å². The predicted molar refractivity (Wildman–Crippen MR) is 93.9 cm³/mol. The fourth-order valence-corrected chi connectivity index (χ4v) is 4.02. The van der Waals surface area contributed by atoms with Gasteiger partial charge in [0.05, 0.1) is 11.7 Å². The highest BCUT2D eigenvalue weighted by atomic mass is 32.1. The molecule has 2 fully saturated rings. The van der Waals surface area contributed by atoms with Crippen LogP contribution < -0.4 is 5.32 Å². The first-order valence-electron chi connectivity index (χ1n) is 8.46. The van der Waals surface area contributed by atoms with Crippen molar-refractivity contribution in [2.24, 2.45) is 0 Å². The zero-order valence-electron chi connectivity index (χ0n) is 14.3. The lowest BCUT2D eigenvalue weighted by molar-refractivity contribution is -0.130. The molecular formula is C16H25N5O2S. The third kappa shape index (κ3) is 4.12. The molecule has 0 radical (unpaired) electrons. The lowest BCUT2D eigenvalue weighted by Crippen LogP contribution is -2.47. The summed E-state index contributed by atoms with van der Waals surface area (Å²) in [4.78, 5) is 34.5. The van der Waals surface area contributed by atoms with Gasteiger partial charge in [0.25, 0.3) is 0 Å². The SMILES string of the molecule is CC(=O)N1CCN(Cc2csc(NC(=O)C3CCCN3C)n2)CC1. The summed E-state index contributed by atoms with van der Waals surface area (Å²) >= 11 is 1.48. The highest BCUT2D eigenvalue weighted by molar-refractivity contribution is 7.13. The molecule has 2 aliphatic rings. The van der Waals surface area contributed by atoms with Crippen molar-refractivity contribution in [1.29, 1.82) is 0 Å². The van der Waals surface area contributed by atoms with Crippen LogP contribution in [0, 0.1) is 0 Å². The molecule has 1 atom stereocenters. The smallest absolute Gasteiger partial charge is 0.243 e. The quantitative estimate of drug-likeness (QED) is 0.871. The van der Waals surface area contributed by atoms with Crippen molar-refractivity contribution in [2.75, 3.05) is 45.1 Å². The Bertz CT molecular complexity index is 597. The number of nitrogens with one attached hydrogen (secondary N) is 1. The summed E-state index contributed by atoms with van der Waals surface area (Å²) < 4.78 is 0. The number of carbonyl (C=O) groups is 2. The molecule has 1 aromatic heterocycles. The number of aromatic nitrogens is 1. The maximum atomic E-state index is 12.3. The fraction of sp³-hybridized carbons (Fsp3) is 0.688. The maximum Gasteiger partial charge on any atom is 0.243 e. The van der Waals surface area contributed by atoms with E-state index in [2.05, 4.69) is 20.1 Å². The van der Waals surface area contributed by atoms with E-state index in [1.807, 2.05) is 17.3 Å². The molecule has 132 valence electrons. The van der Waals surface area contributed by atoms with Gasteiger partial charge in [-0.3, -0.25) is 19.4 Å². The van der Waals surface area contributed by atoms with Gasteiger partial charge in [-0.05, 0) is 26.4 Å². The molecule has 24 heavy (non-hydrogen) atoms. The molecule has 3 heterocycles. The molecule has 7 nitrogen and oxygen atoms in total. The lowest BCUT2D eigenvalue weighted by Gasteiger charge is -2.33. The normalized spacial score (nSPS) is 22.8. The van der Waals surface area contributed by atoms with Crippen LogP contribution in [0.15, 0.2) is 5.38 Å². The molecule has 1 N–H and O–H groups in total. The van der Waals surface area contributed by atoms with Crippen LogP contribution in [-0.2, 0) is 16.1 Å². The molecule has 2 amide bonds. The van der Waals surface area contributed by atoms with Crippen LogP contribution in [0.5, 0.6) is 0 Å². The Kier molecular flexibility index (Phi) is 5.47. The van der Waals surface area contributed by atoms with E-state index in [0.717, 1.165) is 57.8 Å². The number of amides is 2. The molecule has 0 aliphatic carbocycles. The molecule has 0 spiro atoms. The summed E-state index contributed by atoms with van der Waals surface area (Å²) in [6, 6.07) is -0.0305. The first-order valence-corrected chi connectivity index (χ1v) is 9.34. The maximum absolute atomic E-state index is 12.3. The van der Waals surface area contributed by atoms with Crippen molar-refractivity contribution in [3.05, 3.63) is 11.1 Å². The Morgan fingerprint density at radius 3 is 2.67 bits per heavy atom. The summed E-state index contributed by atoms with van der Waals surface area (Å²) in [5, 5.41) is 5.63. The molecule has 1 aromatic rings. The van der Waals surface area contributed by atoms with Crippen LogP contribution in [0.1, 0.15) is 25.5 Å². The summed E-state index contributed by atoms with van der Waals surface area (Å²) in [5.74, 6) is 0.191. The van der Waals surface area contributed by atoms with E-state index in [4.69, 9.17) is 0 Å². The van der Waals surface area contributed by atoms with E-state index in [0.29, 0.717) is 5.13 Å². The van der Waals surface area contributed by atoms with Gasteiger partial charge in [0.2, 0.25) is 11.8 Å². The van der Waals surface area contributed by atoms with Crippen LogP contribution in [0.3, 0.4) is 0 Å². The van der Waals surface area contributed by atoms with Crippen molar-refractivity contribution < 1.29 is 9.59 Å². The number of likely N-dealkylation sites (tertiary alicyclic amines) is 1. The standard InChI is InChI=1S/C16H25N5O2S/c1-12(22)21-8-6-20(7-9-21)10-13-11-24-16(17-13)18-15(23)14-4-3-5-19(14)2/h11,14H,3-10H2,1-2H3,(H,17,18,23). The van der Waals surface area contributed by atoms with Crippen LogP contribution in [0.2, 0.25) is 0 Å². The van der Waals surface area contributed by atoms with E-state index in [1.54, 1.807) is 6.92 Å². The Morgan fingerprint density at radius 1 is 1.29 bits per heavy atom. The van der Waals surface area contributed by atoms with Crippen molar-refractivity contribution in [3.8, 4) is 0 Å². The van der Waals surface area contributed by atoms with Crippen LogP contribution >= 0.6 is 11.3 Å². The van der Waals surface area contributed by atoms with Crippen LogP contribution in [0.4, 0.5) is 5.13 Å². The Balaban J connectivity index is 1.49. The van der Waals surface area contributed by atoms with Crippen molar-refractivity contribution in [3.63, 3.8) is 0 Å². The van der Waals surface area contributed by atoms with Gasteiger partial charge in [-0.2, -0.15) is 0 Å². The van der Waals surface area contributed by atoms with Gasteiger partial charge < -0.3 is 10.2 Å². The molecule has 1 unspecified atom stereocenters. The zero-order valence-corrected chi connectivity index (χ0v) is 15.1. The van der Waals surface area contributed by atoms with Gasteiger partial charge in [-0.25, -0.2) is 4.98 Å². The van der Waals surface area contributed by atoms with E-state index in [1.165, 1.54) is 11.3 Å². The lowest BCUT2D eigenvalue weighted by atomic mass is 10.2. The number of thiazole rings is 1. The van der Waals surface area contributed by atoms with Crippen molar-refractivity contribution >= 4 is 28.3 Å². The molecule has 2 saturated heterocycles. The van der Waals surface area contributed by atoms with Gasteiger partial charge in [0.1, 0.15) is 0 Å². The number of rotatable bonds is 4. The largest absolute Gasteiger partial charge is 0.340 e. The number of carbonyl (C=O) groups excluding carboxylic acids is 2. The van der Waals surface area contributed by atoms with Gasteiger partial charge in [0, 0.05) is 45.0 Å². The number of hydrogen-bond donors (Lipinski definition) is 1. The van der Waals surface area contributed by atoms with Gasteiger partial charge in [-0.15, -0.1) is 11.3 Å². The summed E-state index contributed by atoms with van der Waals surface area (Å²) in [6.45, 7) is 6.65. The van der Waals surface area contributed by atoms with Crippen LogP contribution in [0.25, 0.3) is 0 Å². The second-order valence-electron chi connectivity index (χ2n) is 6.55. The third-order valence-corrected chi connectivity index (χ3v) is 5.61. The molecule has 0 aromatic carbocycles. The average molecular weight is 351 g/mol. The van der Waals surface area contributed by atoms with E-state index in [-0.39, 0.29) is 17.9 Å². The second kappa shape index (κ2) is 7.58. The number of nitrogens with zero attached hydrogens (tertiary/aromatic N) is 4. The first-order chi connectivity index (χ1) is 11.5. The van der Waals surface area contributed by atoms with Crippen molar-refractivity contribution in [1.82, 2.24) is 19.7 Å². The molecule has 8 heteroatoms. The first kappa shape index (κ1) is 17.3. The second-order valence-corrected chi connectivity index (χ2v) is 7.41. The highest BCUT2D eigenvalue weighted by Crippen LogP contribution is 2.20. The van der Waals surface area contributed by atoms with E-state index in [9.17, 15) is 9.59 Å². The number of likely N-dealkylation sites (N-methyl/N-ethyl adjacent to an activating group) is 1. The monoisotopic (exact) mass is 351 g/mol. The summed E-state index contributed by atoms with van der Waals surface area (Å²) in [7, 11) is 1.99. The number of anilines is 1. The summed E-state index contributed by atoms with van der Waals surface area (Å²) in [6.07, 6.45) is 1.99. The highest BCUT2D eigenvalue weighted by Gasteiger charge is 2.28. The zero-order chi connectivity index (χ0) is 17.1. The number of hydrogen-bond acceptors (Lipinski definition) is 6. The Hall–Kier alpha value is -1.51. The Morgan fingerprint density at radius 2 is 2.04 bits per heavy atom. The third-order valence-electron chi connectivity index (χ3n) is 4.81. The summed E-state index contributed by atoms with van der Waals surface area (Å²) in [5.41, 5.74) is 0.978. The van der Waals surface area contributed by atoms with Crippen molar-refractivity contribution in [2.45, 2.75) is 32.4 Å². The minimum atomic E-state index is -0.0305.